The van der Waals surface area contributed by atoms with E-state index in [0.29, 0.717) is 13.0 Å². The summed E-state index contributed by atoms with van der Waals surface area (Å²) < 4.78 is 13.5. The molecule has 0 saturated carbocycles. The van der Waals surface area contributed by atoms with Crippen LogP contribution in [0.5, 0.6) is 0 Å². The highest BCUT2D eigenvalue weighted by molar-refractivity contribution is 7.11. The largest absolute Gasteiger partial charge is 0.335 e. The predicted molar refractivity (Wildman–Crippen MR) is 85.5 cm³/mol. The first-order chi connectivity index (χ1) is 10.5. The van der Waals surface area contributed by atoms with Crippen molar-refractivity contribution in [1.29, 1.82) is 0 Å². The van der Waals surface area contributed by atoms with Gasteiger partial charge in [-0.05, 0) is 50.5 Å². The molecule has 1 atom stereocenters. The van der Waals surface area contributed by atoms with Crippen molar-refractivity contribution in [2.24, 2.45) is 0 Å². The predicted octanol–water partition coefficient (Wildman–Crippen LogP) is 3.59. The minimum Gasteiger partial charge on any atom is -0.335 e. The van der Waals surface area contributed by atoms with Crippen molar-refractivity contribution in [1.82, 2.24) is 9.88 Å². The molecule has 0 saturated heterocycles. The maximum atomic E-state index is 13.5. The lowest BCUT2D eigenvalue weighted by Crippen LogP contribution is -2.39. The van der Waals surface area contributed by atoms with Crippen LogP contribution in [0.3, 0.4) is 0 Å². The number of benzene rings is 1. The van der Waals surface area contributed by atoms with Crippen molar-refractivity contribution >= 4 is 17.2 Å². The summed E-state index contributed by atoms with van der Waals surface area (Å²) in [6.45, 7) is 6.56. The Labute approximate surface area is 133 Å². The van der Waals surface area contributed by atoms with Gasteiger partial charge in [0, 0.05) is 11.4 Å². The second-order valence-corrected chi connectivity index (χ2v) is 7.06. The van der Waals surface area contributed by atoms with Crippen LogP contribution in [0, 0.1) is 19.7 Å². The maximum Gasteiger partial charge on any atom is 0.228 e. The van der Waals surface area contributed by atoms with Crippen LogP contribution in [0.1, 0.15) is 39.7 Å². The third-order valence-corrected chi connectivity index (χ3v) is 5.35. The van der Waals surface area contributed by atoms with E-state index >= 15 is 0 Å². The topological polar surface area (TPSA) is 33.2 Å². The molecule has 0 bridgehead atoms. The van der Waals surface area contributed by atoms with Crippen LogP contribution in [0.2, 0.25) is 0 Å². The molecule has 2 heterocycles. The van der Waals surface area contributed by atoms with E-state index in [9.17, 15) is 9.18 Å². The molecule has 1 unspecified atom stereocenters. The number of halogens is 1. The van der Waals surface area contributed by atoms with E-state index in [4.69, 9.17) is 0 Å². The van der Waals surface area contributed by atoms with Gasteiger partial charge >= 0.3 is 0 Å². The molecule has 1 aromatic carbocycles. The number of hydrogen-bond donors (Lipinski definition) is 0. The highest BCUT2D eigenvalue weighted by Crippen LogP contribution is 2.31. The van der Waals surface area contributed by atoms with Crippen LogP contribution >= 0.6 is 11.3 Å². The van der Waals surface area contributed by atoms with Crippen molar-refractivity contribution in [3.63, 3.8) is 0 Å². The number of carbonyl (C=O) groups excluding carboxylic acids is 1. The van der Waals surface area contributed by atoms with Crippen LogP contribution < -0.4 is 0 Å². The molecule has 1 aliphatic rings. The summed E-state index contributed by atoms with van der Waals surface area (Å²) >= 11 is 1.58. The monoisotopic (exact) mass is 318 g/mol. The van der Waals surface area contributed by atoms with E-state index in [1.165, 1.54) is 6.07 Å². The first kappa shape index (κ1) is 15.2. The van der Waals surface area contributed by atoms with Crippen molar-refractivity contribution in [2.45, 2.75) is 39.7 Å². The number of fused-ring (bicyclic) bond motifs is 1. The Bertz CT molecular complexity index is 725. The zero-order valence-electron chi connectivity index (χ0n) is 13.0. The summed E-state index contributed by atoms with van der Waals surface area (Å²) in [7, 11) is 0. The van der Waals surface area contributed by atoms with Crippen molar-refractivity contribution in [3.05, 3.63) is 50.7 Å². The molecule has 116 valence electrons. The first-order valence-corrected chi connectivity index (χ1v) is 8.28. The molecule has 0 N–H and O–H groups in total. The summed E-state index contributed by atoms with van der Waals surface area (Å²) in [4.78, 5) is 19.9. The van der Waals surface area contributed by atoms with Crippen LogP contribution in [0.15, 0.2) is 18.2 Å². The summed E-state index contributed by atoms with van der Waals surface area (Å²) in [5.41, 5.74) is 3.01. The average molecular weight is 318 g/mol. The minimum atomic E-state index is -0.242. The zero-order chi connectivity index (χ0) is 15.9. The molecule has 0 spiro atoms. The lowest BCUT2D eigenvalue weighted by molar-refractivity contribution is -0.133. The van der Waals surface area contributed by atoms with Gasteiger partial charge in [-0.15, -0.1) is 11.3 Å². The number of nitrogens with zero attached hydrogens (tertiary/aromatic N) is 2. The van der Waals surface area contributed by atoms with E-state index in [-0.39, 0.29) is 17.8 Å². The van der Waals surface area contributed by atoms with Gasteiger partial charge in [-0.25, -0.2) is 9.37 Å². The van der Waals surface area contributed by atoms with Gasteiger partial charge in [0.15, 0.2) is 0 Å². The quantitative estimate of drug-likeness (QED) is 0.848. The summed E-state index contributed by atoms with van der Waals surface area (Å²) in [6.07, 6.45) is 1.17. The van der Waals surface area contributed by atoms with Gasteiger partial charge in [0.25, 0.3) is 0 Å². The number of carbonyl (C=O) groups is 1. The van der Waals surface area contributed by atoms with Crippen molar-refractivity contribution in [2.75, 3.05) is 6.54 Å². The Morgan fingerprint density at radius 2 is 2.23 bits per heavy atom. The average Bonchev–Trinajstić information content (AvgIpc) is 2.77. The lowest BCUT2D eigenvalue weighted by Gasteiger charge is -2.35. The van der Waals surface area contributed by atoms with Gasteiger partial charge in [-0.2, -0.15) is 0 Å². The zero-order valence-corrected chi connectivity index (χ0v) is 13.8. The Hall–Kier alpha value is -1.75. The molecule has 1 aromatic heterocycles. The fourth-order valence-corrected chi connectivity index (χ4v) is 4.03. The maximum absolute atomic E-state index is 13.5. The number of hydrogen-bond acceptors (Lipinski definition) is 3. The molecule has 0 aliphatic carbocycles. The Balaban J connectivity index is 1.81. The van der Waals surface area contributed by atoms with E-state index in [2.05, 4.69) is 4.98 Å². The Morgan fingerprint density at radius 3 is 2.91 bits per heavy atom. The molecule has 5 heteroatoms. The van der Waals surface area contributed by atoms with E-state index in [1.807, 2.05) is 31.7 Å². The smallest absolute Gasteiger partial charge is 0.228 e. The van der Waals surface area contributed by atoms with E-state index < -0.39 is 0 Å². The minimum absolute atomic E-state index is 0.0822. The number of rotatable bonds is 2. The number of aromatic nitrogens is 1. The lowest BCUT2D eigenvalue weighted by atomic mass is 9.93. The third-order valence-electron chi connectivity index (χ3n) is 4.28. The van der Waals surface area contributed by atoms with Crippen LogP contribution in [0.25, 0.3) is 0 Å². The summed E-state index contributed by atoms with van der Waals surface area (Å²) in [5, 5.41) is 0.986. The second kappa shape index (κ2) is 5.80. The van der Waals surface area contributed by atoms with Gasteiger partial charge in [0.05, 0.1) is 23.2 Å². The summed E-state index contributed by atoms with van der Waals surface area (Å²) in [5.74, 6) is -0.150. The van der Waals surface area contributed by atoms with Gasteiger partial charge in [-0.3, -0.25) is 4.79 Å². The number of aryl methyl sites for hydroxylation is 2. The fourth-order valence-electron chi connectivity index (χ4n) is 3.10. The van der Waals surface area contributed by atoms with Gasteiger partial charge in [0.1, 0.15) is 5.82 Å². The Kier molecular flexibility index (Phi) is 4.00. The SMILES string of the molecule is Cc1nc(C)c(CC(=O)N2CCc3ccc(F)cc3C2C)s1. The molecule has 2 aromatic rings. The number of thiazole rings is 1. The van der Waals surface area contributed by atoms with Crippen molar-refractivity contribution in [3.8, 4) is 0 Å². The van der Waals surface area contributed by atoms with Gasteiger partial charge < -0.3 is 4.90 Å². The molecule has 22 heavy (non-hydrogen) atoms. The molecule has 0 fully saturated rings. The molecular weight excluding hydrogens is 299 g/mol. The van der Waals surface area contributed by atoms with Gasteiger partial charge in [0.2, 0.25) is 5.91 Å². The van der Waals surface area contributed by atoms with Crippen molar-refractivity contribution < 1.29 is 9.18 Å². The standard InChI is InChI=1S/C17H19FN2OS/c1-10-16(22-12(3)19-10)9-17(21)20-7-6-13-4-5-14(18)8-15(13)11(20)2/h4-5,8,11H,6-7,9H2,1-3H3. The molecule has 0 radical (unpaired) electrons. The summed E-state index contributed by atoms with van der Waals surface area (Å²) in [6, 6.07) is 4.80. The molecule has 1 amide bonds. The first-order valence-electron chi connectivity index (χ1n) is 7.46. The van der Waals surface area contributed by atoms with Crippen LogP contribution in [0.4, 0.5) is 4.39 Å². The second-order valence-electron chi connectivity index (χ2n) is 5.77. The molecule has 3 nitrogen and oxygen atoms in total. The Morgan fingerprint density at radius 1 is 1.45 bits per heavy atom. The highest BCUT2D eigenvalue weighted by atomic mass is 32.1. The third kappa shape index (κ3) is 2.77. The molecule has 1 aliphatic heterocycles. The van der Waals surface area contributed by atoms with E-state index in [0.717, 1.165) is 33.1 Å². The van der Waals surface area contributed by atoms with Crippen LogP contribution in [-0.4, -0.2) is 22.3 Å². The highest BCUT2D eigenvalue weighted by Gasteiger charge is 2.28. The number of amides is 1. The van der Waals surface area contributed by atoms with E-state index in [1.54, 1.807) is 17.4 Å². The van der Waals surface area contributed by atoms with Gasteiger partial charge in [-0.1, -0.05) is 6.07 Å². The van der Waals surface area contributed by atoms with Crippen LogP contribution in [-0.2, 0) is 17.6 Å². The molecular formula is C17H19FN2OS. The fraction of sp³-hybridized carbons (Fsp3) is 0.412. The normalized spacial score (nSPS) is 17.5. The molecule has 3 rings (SSSR count).